The molecule has 2 aliphatic heterocycles. The summed E-state index contributed by atoms with van der Waals surface area (Å²) in [4.78, 5) is 5.24. The monoisotopic (exact) mass is 736 g/mol. The Morgan fingerprint density at radius 3 is 2.05 bits per heavy atom. The molecule has 4 heteroatoms. The van der Waals surface area contributed by atoms with Crippen molar-refractivity contribution in [3.05, 3.63) is 174 Å². The Labute approximate surface area is 333 Å². The van der Waals surface area contributed by atoms with Gasteiger partial charge in [-0.15, -0.1) is 11.3 Å². The SMILES string of the molecule is Cc1cc2c3c(c1)N(c1ccc(-c4ccccc4)cc1C)c1cc4sc5ccccc5c4cc1B3N(c1ccc(C(C)(C)C)cc1)c1ccc3ccccc3c1-2. The topological polar surface area (TPSA) is 6.48 Å². The third-order valence-corrected chi connectivity index (χ3v) is 13.3. The minimum atomic E-state index is -0.0482. The van der Waals surface area contributed by atoms with Crippen LogP contribution in [0.25, 0.3) is 53.2 Å². The van der Waals surface area contributed by atoms with Gasteiger partial charge in [-0.25, -0.2) is 0 Å². The van der Waals surface area contributed by atoms with Crippen LogP contribution in [0.2, 0.25) is 0 Å². The predicted octanol–water partition coefficient (Wildman–Crippen LogP) is 13.5. The molecule has 0 atom stereocenters. The summed E-state index contributed by atoms with van der Waals surface area (Å²) in [5, 5.41) is 5.19. The van der Waals surface area contributed by atoms with Crippen LogP contribution in [0, 0.1) is 13.8 Å². The second-order valence-electron chi connectivity index (χ2n) is 16.7. The van der Waals surface area contributed by atoms with Gasteiger partial charge in [0.2, 0.25) is 0 Å². The van der Waals surface area contributed by atoms with Crippen LogP contribution in [-0.4, -0.2) is 6.85 Å². The van der Waals surface area contributed by atoms with Gasteiger partial charge in [-0.05, 0) is 123 Å². The van der Waals surface area contributed by atoms with Gasteiger partial charge in [0, 0.05) is 54.2 Å². The molecule has 0 fully saturated rings. The normalized spacial score (nSPS) is 13.3. The highest BCUT2D eigenvalue weighted by Gasteiger charge is 2.46. The molecule has 2 nitrogen and oxygen atoms in total. The average Bonchev–Trinajstić information content (AvgIpc) is 3.57. The minimum Gasteiger partial charge on any atom is -0.376 e. The summed E-state index contributed by atoms with van der Waals surface area (Å²) in [5.74, 6) is 0. The molecule has 0 saturated carbocycles. The molecule has 268 valence electrons. The van der Waals surface area contributed by atoms with E-state index in [-0.39, 0.29) is 12.3 Å². The zero-order valence-corrected chi connectivity index (χ0v) is 33.2. The van der Waals surface area contributed by atoms with Gasteiger partial charge in [0.1, 0.15) is 0 Å². The molecule has 2 aliphatic rings. The standard InChI is InChI=1S/C52H41BN2S/c1-32-27-42-50-39-16-10-9-15-35(39)19-26-45(50)55(38-23-21-37(22-24-38)52(3,4)5)53-43-30-41-40-17-11-12-18-48(40)56-49(41)31-46(43)54(47(28-32)51(42)53)44-25-20-36(29-33(44)2)34-13-7-6-8-14-34/h6-31H,1-5H3. The minimum absolute atomic E-state index is 0.0482. The van der Waals surface area contributed by atoms with Gasteiger partial charge < -0.3 is 9.71 Å². The van der Waals surface area contributed by atoms with Crippen LogP contribution in [0.15, 0.2) is 158 Å². The molecule has 0 unspecified atom stereocenters. The molecule has 0 aliphatic carbocycles. The molecule has 0 bridgehead atoms. The molecular formula is C52H41BN2S. The van der Waals surface area contributed by atoms with Crippen molar-refractivity contribution >= 4 is 88.5 Å². The lowest BCUT2D eigenvalue weighted by Crippen LogP contribution is -2.61. The summed E-state index contributed by atoms with van der Waals surface area (Å²) in [5.41, 5.74) is 17.8. The van der Waals surface area contributed by atoms with Crippen molar-refractivity contribution in [1.82, 2.24) is 0 Å². The number of hydrogen-bond donors (Lipinski definition) is 0. The number of thiophene rings is 1. The molecular weight excluding hydrogens is 695 g/mol. The van der Waals surface area contributed by atoms with Crippen molar-refractivity contribution < 1.29 is 0 Å². The maximum absolute atomic E-state index is 2.65. The van der Waals surface area contributed by atoms with E-state index in [4.69, 9.17) is 0 Å². The summed E-state index contributed by atoms with van der Waals surface area (Å²) in [6.07, 6.45) is 0. The highest BCUT2D eigenvalue weighted by atomic mass is 32.1. The molecule has 0 N–H and O–H groups in total. The second-order valence-corrected chi connectivity index (χ2v) is 17.8. The van der Waals surface area contributed by atoms with E-state index in [0.29, 0.717) is 0 Å². The van der Waals surface area contributed by atoms with Gasteiger partial charge in [-0.1, -0.05) is 130 Å². The summed E-state index contributed by atoms with van der Waals surface area (Å²) < 4.78 is 2.64. The first-order valence-corrected chi connectivity index (χ1v) is 20.5. The van der Waals surface area contributed by atoms with Crippen molar-refractivity contribution in [2.24, 2.45) is 0 Å². The molecule has 0 saturated heterocycles. The fourth-order valence-corrected chi connectivity index (χ4v) is 10.6. The highest BCUT2D eigenvalue weighted by Crippen LogP contribution is 2.51. The van der Waals surface area contributed by atoms with Crippen molar-refractivity contribution in [2.75, 3.05) is 9.71 Å². The largest absolute Gasteiger partial charge is 0.376 e. The van der Waals surface area contributed by atoms with Crippen LogP contribution in [0.5, 0.6) is 0 Å². The average molecular weight is 737 g/mol. The summed E-state index contributed by atoms with van der Waals surface area (Å²) in [6, 6.07) is 59.6. The van der Waals surface area contributed by atoms with Crippen LogP contribution >= 0.6 is 11.3 Å². The van der Waals surface area contributed by atoms with Crippen molar-refractivity contribution in [2.45, 2.75) is 40.0 Å². The zero-order valence-electron chi connectivity index (χ0n) is 32.4. The molecule has 0 spiro atoms. The van der Waals surface area contributed by atoms with Crippen LogP contribution < -0.4 is 20.6 Å². The number of anilines is 5. The van der Waals surface area contributed by atoms with Gasteiger partial charge in [0.05, 0.1) is 0 Å². The molecule has 1 aromatic heterocycles. The van der Waals surface area contributed by atoms with E-state index in [2.05, 4.69) is 202 Å². The first-order chi connectivity index (χ1) is 27.2. The van der Waals surface area contributed by atoms with Crippen molar-refractivity contribution in [3.8, 4) is 22.3 Å². The first-order valence-electron chi connectivity index (χ1n) is 19.7. The molecule has 3 heterocycles. The third kappa shape index (κ3) is 4.95. The fraction of sp³-hybridized carbons (Fsp3) is 0.115. The van der Waals surface area contributed by atoms with E-state index in [1.54, 1.807) is 0 Å². The molecule has 8 aromatic carbocycles. The number of benzene rings is 8. The fourth-order valence-electron chi connectivity index (χ4n) is 9.47. The first kappa shape index (κ1) is 33.3. The van der Waals surface area contributed by atoms with E-state index in [1.165, 1.54) is 109 Å². The Hall–Kier alpha value is -6.10. The van der Waals surface area contributed by atoms with E-state index in [0.717, 1.165) is 0 Å². The van der Waals surface area contributed by atoms with Gasteiger partial charge in [-0.3, -0.25) is 0 Å². The number of aryl methyl sites for hydroxylation is 2. The Kier molecular flexibility index (Phi) is 7.25. The van der Waals surface area contributed by atoms with Crippen LogP contribution in [0.4, 0.5) is 28.4 Å². The van der Waals surface area contributed by atoms with Gasteiger partial charge in [0.25, 0.3) is 0 Å². The maximum Gasteiger partial charge on any atom is 0.333 e. The smallest absolute Gasteiger partial charge is 0.333 e. The molecule has 56 heavy (non-hydrogen) atoms. The third-order valence-electron chi connectivity index (χ3n) is 12.1. The number of rotatable bonds is 3. The Morgan fingerprint density at radius 1 is 0.536 bits per heavy atom. The summed E-state index contributed by atoms with van der Waals surface area (Å²) in [6.45, 7) is 11.4. The van der Waals surface area contributed by atoms with E-state index in [9.17, 15) is 0 Å². The van der Waals surface area contributed by atoms with E-state index < -0.39 is 0 Å². The lowest BCUT2D eigenvalue weighted by molar-refractivity contribution is 0.590. The molecule has 11 rings (SSSR count). The molecule has 0 amide bonds. The van der Waals surface area contributed by atoms with Crippen molar-refractivity contribution in [3.63, 3.8) is 0 Å². The number of nitrogens with zero attached hydrogens (tertiary/aromatic N) is 2. The second kappa shape index (κ2) is 12.2. The molecule has 9 aromatic rings. The number of hydrogen-bond acceptors (Lipinski definition) is 3. The van der Waals surface area contributed by atoms with E-state index in [1.807, 2.05) is 11.3 Å². The van der Waals surface area contributed by atoms with E-state index >= 15 is 0 Å². The summed E-state index contributed by atoms with van der Waals surface area (Å²) in [7, 11) is 0. The van der Waals surface area contributed by atoms with Gasteiger partial charge in [-0.2, -0.15) is 0 Å². The Balaban J connectivity index is 1.25. The van der Waals surface area contributed by atoms with Gasteiger partial charge in [0.15, 0.2) is 0 Å². The van der Waals surface area contributed by atoms with Crippen LogP contribution in [0.1, 0.15) is 37.5 Å². The Bertz CT molecular complexity index is 3040. The maximum atomic E-state index is 2.65. The zero-order chi connectivity index (χ0) is 37.9. The Morgan fingerprint density at radius 2 is 1.27 bits per heavy atom. The molecule has 0 radical (unpaired) electrons. The summed E-state index contributed by atoms with van der Waals surface area (Å²) >= 11 is 1.90. The predicted molar refractivity (Wildman–Crippen MR) is 244 cm³/mol. The highest BCUT2D eigenvalue weighted by molar-refractivity contribution is 7.26. The number of fused-ring (bicyclic) bond motifs is 9. The van der Waals surface area contributed by atoms with Crippen molar-refractivity contribution in [1.29, 1.82) is 0 Å². The lowest BCUT2D eigenvalue weighted by atomic mass is 9.43. The van der Waals surface area contributed by atoms with Gasteiger partial charge >= 0.3 is 6.85 Å². The van der Waals surface area contributed by atoms with Crippen LogP contribution in [0.3, 0.4) is 0 Å². The lowest BCUT2D eigenvalue weighted by Gasteiger charge is -2.46. The quantitative estimate of drug-likeness (QED) is 0.167. The van der Waals surface area contributed by atoms with Crippen LogP contribution in [-0.2, 0) is 5.41 Å².